The van der Waals surface area contributed by atoms with Crippen molar-refractivity contribution in [1.29, 1.82) is 0 Å². The topological polar surface area (TPSA) is 54.0 Å². The third-order valence-corrected chi connectivity index (χ3v) is 3.81. The van der Waals surface area contributed by atoms with Crippen molar-refractivity contribution in [2.75, 3.05) is 5.32 Å². The Bertz CT molecular complexity index is 661. The van der Waals surface area contributed by atoms with Gasteiger partial charge in [0.05, 0.1) is 0 Å². The maximum Gasteiger partial charge on any atom is 0.250 e. The summed E-state index contributed by atoms with van der Waals surface area (Å²) >= 11 is 6.46. The molecule has 2 rings (SSSR count). The largest absolute Gasteiger partial charge is 0.308 e. The van der Waals surface area contributed by atoms with Crippen LogP contribution in [0, 0.1) is 0 Å². The number of amides is 1. The Labute approximate surface area is 139 Å². The molecule has 0 bridgehead atoms. The molecule has 22 heavy (non-hydrogen) atoms. The zero-order valence-corrected chi connectivity index (χ0v) is 14.0. The Morgan fingerprint density at radius 3 is 2.64 bits per heavy atom. The molecule has 0 radical (unpaired) electrons. The van der Waals surface area contributed by atoms with Crippen LogP contribution in [0.1, 0.15) is 30.9 Å². The zero-order chi connectivity index (χ0) is 15.9. The summed E-state index contributed by atoms with van der Waals surface area (Å²) in [6, 6.07) is 8.12. The Morgan fingerprint density at radius 1 is 1.32 bits per heavy atom. The molecule has 1 aromatic heterocycles. The van der Waals surface area contributed by atoms with Gasteiger partial charge in [-0.05, 0) is 35.3 Å². The first-order chi connectivity index (χ1) is 10.5. The lowest BCUT2D eigenvalue weighted by atomic mass is 10.0. The first-order valence-electron chi connectivity index (χ1n) is 6.84. The molecule has 0 saturated heterocycles. The Kier molecular flexibility index (Phi) is 5.80. The molecule has 4 nitrogen and oxygen atoms in total. The molecule has 1 amide bonds. The Balaban J connectivity index is 1.86. The molecule has 114 valence electrons. The zero-order valence-electron chi connectivity index (χ0n) is 12.4. The molecule has 2 N–H and O–H groups in total. The van der Waals surface area contributed by atoms with Crippen LogP contribution in [0.2, 0.25) is 0 Å². The molecule has 1 aromatic carbocycles. The fraction of sp³-hybridized carbons (Fsp3) is 0.188. The Hall–Kier alpha value is -2.05. The summed E-state index contributed by atoms with van der Waals surface area (Å²) in [5, 5.41) is 8.14. The van der Waals surface area contributed by atoms with E-state index in [-0.39, 0.29) is 11.0 Å². The molecule has 0 fully saturated rings. The average molecular weight is 331 g/mol. The smallest absolute Gasteiger partial charge is 0.250 e. The van der Waals surface area contributed by atoms with Gasteiger partial charge >= 0.3 is 0 Å². The van der Waals surface area contributed by atoms with E-state index in [4.69, 9.17) is 12.2 Å². The minimum atomic E-state index is -0.276. The second-order valence-corrected chi connectivity index (χ2v) is 6.24. The van der Waals surface area contributed by atoms with Gasteiger partial charge in [0, 0.05) is 17.7 Å². The maximum absolute atomic E-state index is 11.8. The van der Waals surface area contributed by atoms with Crippen molar-refractivity contribution in [3.63, 3.8) is 0 Å². The van der Waals surface area contributed by atoms with Gasteiger partial charge in [-0.25, -0.2) is 4.98 Å². The van der Waals surface area contributed by atoms with E-state index in [1.165, 1.54) is 23.0 Å². The minimum absolute atomic E-state index is 0.236. The van der Waals surface area contributed by atoms with Crippen molar-refractivity contribution in [3.05, 3.63) is 53.0 Å². The number of aromatic nitrogens is 1. The van der Waals surface area contributed by atoms with E-state index in [2.05, 4.69) is 41.6 Å². The highest BCUT2D eigenvalue weighted by atomic mass is 32.1. The average Bonchev–Trinajstić information content (AvgIpc) is 2.98. The van der Waals surface area contributed by atoms with Crippen LogP contribution in [0.4, 0.5) is 5.13 Å². The van der Waals surface area contributed by atoms with Gasteiger partial charge in [-0.1, -0.05) is 38.1 Å². The van der Waals surface area contributed by atoms with Gasteiger partial charge in [-0.15, -0.1) is 11.3 Å². The molecule has 0 aliphatic carbocycles. The summed E-state index contributed by atoms with van der Waals surface area (Å²) in [5.41, 5.74) is 2.24. The molecule has 2 aromatic rings. The number of hydrogen-bond donors (Lipinski definition) is 2. The van der Waals surface area contributed by atoms with Gasteiger partial charge in [0.25, 0.3) is 0 Å². The van der Waals surface area contributed by atoms with E-state index in [1.54, 1.807) is 12.3 Å². The normalized spacial score (nSPS) is 10.9. The number of thiocarbonyl (C=S) groups is 1. The summed E-state index contributed by atoms with van der Waals surface area (Å²) in [5.74, 6) is 0.220. The number of benzene rings is 1. The summed E-state index contributed by atoms with van der Waals surface area (Å²) in [7, 11) is 0. The molecule has 0 spiro atoms. The third-order valence-electron chi connectivity index (χ3n) is 2.92. The number of rotatable bonds is 4. The van der Waals surface area contributed by atoms with Crippen molar-refractivity contribution in [2.45, 2.75) is 19.8 Å². The van der Waals surface area contributed by atoms with Crippen molar-refractivity contribution < 1.29 is 4.79 Å². The fourth-order valence-corrected chi connectivity index (χ4v) is 2.53. The van der Waals surface area contributed by atoms with Crippen molar-refractivity contribution in [2.24, 2.45) is 0 Å². The number of thiazole rings is 1. The summed E-state index contributed by atoms with van der Waals surface area (Å²) in [6.45, 7) is 4.30. The first kappa shape index (κ1) is 16.3. The minimum Gasteiger partial charge on any atom is -0.308 e. The molecule has 0 atom stereocenters. The van der Waals surface area contributed by atoms with E-state index < -0.39 is 0 Å². The van der Waals surface area contributed by atoms with Crippen LogP contribution >= 0.6 is 23.6 Å². The number of anilines is 1. The van der Waals surface area contributed by atoms with Gasteiger partial charge in [0.2, 0.25) is 5.91 Å². The summed E-state index contributed by atoms with van der Waals surface area (Å²) in [6.07, 6.45) is 4.88. The van der Waals surface area contributed by atoms with Gasteiger partial charge < -0.3 is 5.32 Å². The molecule has 0 aliphatic heterocycles. The van der Waals surface area contributed by atoms with Crippen LogP contribution < -0.4 is 10.6 Å². The molecule has 1 heterocycles. The third kappa shape index (κ3) is 5.05. The highest BCUT2D eigenvalue weighted by Gasteiger charge is 2.03. The molecule has 6 heteroatoms. The molecular weight excluding hydrogens is 314 g/mol. The van der Waals surface area contributed by atoms with Crippen molar-refractivity contribution >= 4 is 45.8 Å². The van der Waals surface area contributed by atoms with Gasteiger partial charge in [-0.2, -0.15) is 0 Å². The van der Waals surface area contributed by atoms with Gasteiger partial charge in [0.1, 0.15) is 0 Å². The summed E-state index contributed by atoms with van der Waals surface area (Å²) in [4.78, 5) is 15.8. The lowest BCUT2D eigenvalue weighted by molar-refractivity contribution is -0.115. The lowest BCUT2D eigenvalue weighted by Crippen LogP contribution is -2.32. The second kappa shape index (κ2) is 7.82. The van der Waals surface area contributed by atoms with Crippen LogP contribution in [0.25, 0.3) is 6.08 Å². The van der Waals surface area contributed by atoms with E-state index in [0.29, 0.717) is 11.0 Å². The number of carbonyl (C=O) groups excluding carboxylic acids is 1. The van der Waals surface area contributed by atoms with Crippen LogP contribution in [-0.4, -0.2) is 16.0 Å². The second-order valence-electron chi connectivity index (χ2n) is 4.94. The van der Waals surface area contributed by atoms with E-state index in [0.717, 1.165) is 5.56 Å². The number of nitrogens with one attached hydrogen (secondary N) is 2. The first-order valence-corrected chi connectivity index (χ1v) is 8.13. The molecule has 0 unspecified atom stereocenters. The Morgan fingerprint density at radius 2 is 2.05 bits per heavy atom. The van der Waals surface area contributed by atoms with Gasteiger partial charge in [-0.3, -0.25) is 10.1 Å². The predicted molar refractivity (Wildman–Crippen MR) is 96.0 cm³/mol. The lowest BCUT2D eigenvalue weighted by Gasteiger charge is -2.05. The SMILES string of the molecule is CC(C)c1ccc(/C=C/C(=O)NC(=S)Nc2nccs2)cc1. The van der Waals surface area contributed by atoms with E-state index in [9.17, 15) is 4.79 Å². The molecule has 0 aliphatic rings. The highest BCUT2D eigenvalue weighted by molar-refractivity contribution is 7.80. The monoisotopic (exact) mass is 331 g/mol. The van der Waals surface area contributed by atoms with Gasteiger partial charge in [0.15, 0.2) is 10.2 Å². The molecular formula is C16H17N3OS2. The fourth-order valence-electron chi connectivity index (χ4n) is 1.73. The van der Waals surface area contributed by atoms with Crippen LogP contribution in [-0.2, 0) is 4.79 Å². The quantitative estimate of drug-likeness (QED) is 0.661. The number of carbonyl (C=O) groups is 1. The molecule has 0 saturated carbocycles. The number of hydrogen-bond acceptors (Lipinski definition) is 4. The highest BCUT2D eigenvalue weighted by Crippen LogP contribution is 2.15. The van der Waals surface area contributed by atoms with Crippen molar-refractivity contribution in [1.82, 2.24) is 10.3 Å². The van der Waals surface area contributed by atoms with Crippen molar-refractivity contribution in [3.8, 4) is 0 Å². The van der Waals surface area contributed by atoms with Crippen LogP contribution in [0.3, 0.4) is 0 Å². The predicted octanol–water partition coefficient (Wildman–Crippen LogP) is 3.79. The standard InChI is InChI=1S/C16H17N3OS2/c1-11(2)13-6-3-12(4-7-13)5-8-14(20)18-15(21)19-16-17-9-10-22-16/h3-11H,1-2H3,(H2,17,18,19,20,21)/b8-5+. The van der Waals surface area contributed by atoms with E-state index in [1.807, 2.05) is 17.5 Å². The van der Waals surface area contributed by atoms with Crippen LogP contribution in [0.5, 0.6) is 0 Å². The van der Waals surface area contributed by atoms with Crippen LogP contribution in [0.15, 0.2) is 41.9 Å². The maximum atomic E-state index is 11.8. The van der Waals surface area contributed by atoms with E-state index >= 15 is 0 Å². The summed E-state index contributed by atoms with van der Waals surface area (Å²) < 4.78 is 0. The number of nitrogens with zero attached hydrogens (tertiary/aromatic N) is 1.